The Hall–Kier alpha value is -1.36. The lowest BCUT2D eigenvalue weighted by Crippen LogP contribution is -2.39. The molecule has 0 radical (unpaired) electrons. The number of allylic oxidation sites excluding steroid dienone is 1. The molecule has 0 spiro atoms. The molecule has 5 heteroatoms. The van der Waals surface area contributed by atoms with Gasteiger partial charge in [0.25, 0.3) is 0 Å². The van der Waals surface area contributed by atoms with Crippen molar-refractivity contribution in [3.8, 4) is 0 Å². The number of hydrogen-bond acceptors (Lipinski definition) is 3. The van der Waals surface area contributed by atoms with Crippen LogP contribution in [0.15, 0.2) is 23.0 Å². The lowest BCUT2D eigenvalue weighted by Gasteiger charge is -2.21. The quantitative estimate of drug-likeness (QED) is 0.329. The molecule has 0 aliphatic rings. The smallest absolute Gasteiger partial charge is 0.193 e. The minimum Gasteiger partial charge on any atom is -0.356 e. The highest BCUT2D eigenvalue weighted by Gasteiger charge is 2.04. The monoisotopic (exact) mass is 308 g/mol. The Morgan fingerprint density at radius 2 is 2.29 bits per heavy atom. The van der Waals surface area contributed by atoms with Crippen molar-refractivity contribution in [3.05, 3.63) is 28.7 Å². The maximum Gasteiger partial charge on any atom is 0.193 e. The minimum absolute atomic E-state index is 0.961. The van der Waals surface area contributed by atoms with Crippen LogP contribution in [0.5, 0.6) is 0 Å². The predicted octanol–water partition coefficient (Wildman–Crippen LogP) is 3.25. The van der Waals surface area contributed by atoms with Crippen molar-refractivity contribution in [2.24, 2.45) is 4.99 Å². The van der Waals surface area contributed by atoms with Crippen LogP contribution in [0.4, 0.5) is 0 Å². The average molecular weight is 308 g/mol. The van der Waals surface area contributed by atoms with E-state index >= 15 is 0 Å². The van der Waals surface area contributed by atoms with Gasteiger partial charge in [-0.05, 0) is 39.0 Å². The molecule has 0 saturated heterocycles. The normalized spacial score (nSPS) is 11.5. The summed E-state index contributed by atoms with van der Waals surface area (Å²) in [4.78, 5) is 11.0. The summed E-state index contributed by atoms with van der Waals surface area (Å²) in [6.07, 6.45) is 7.51. The Balaban J connectivity index is 2.15. The molecule has 1 N–H and O–H groups in total. The number of aryl methyl sites for hydroxylation is 2. The fourth-order valence-electron chi connectivity index (χ4n) is 2.08. The molecule has 0 amide bonds. The highest BCUT2D eigenvalue weighted by Crippen LogP contribution is 2.11. The minimum atomic E-state index is 0.961. The molecule has 0 atom stereocenters. The van der Waals surface area contributed by atoms with E-state index in [2.05, 4.69) is 39.2 Å². The molecule has 0 aromatic carbocycles. The van der Waals surface area contributed by atoms with Crippen LogP contribution in [0, 0.1) is 6.92 Å². The van der Waals surface area contributed by atoms with E-state index < -0.39 is 0 Å². The number of aliphatic imine (C=N–C) groups is 1. The van der Waals surface area contributed by atoms with Crippen LogP contribution < -0.4 is 5.32 Å². The number of rotatable bonds is 9. The van der Waals surface area contributed by atoms with Gasteiger partial charge in [0.1, 0.15) is 0 Å². The second-order valence-electron chi connectivity index (χ2n) is 5.17. The van der Waals surface area contributed by atoms with Gasteiger partial charge in [-0.3, -0.25) is 4.99 Å². The zero-order chi connectivity index (χ0) is 15.5. The first-order chi connectivity index (χ1) is 10.2. The van der Waals surface area contributed by atoms with Crippen LogP contribution in [0.25, 0.3) is 0 Å². The largest absolute Gasteiger partial charge is 0.356 e. The Bertz CT molecular complexity index is 439. The molecule has 1 aromatic rings. The number of nitrogens with one attached hydrogen (secondary N) is 1. The number of guanidine groups is 1. The summed E-state index contributed by atoms with van der Waals surface area (Å²) < 4.78 is 0. The van der Waals surface area contributed by atoms with Crippen LogP contribution in [0.3, 0.4) is 0 Å². The highest BCUT2D eigenvalue weighted by atomic mass is 32.1. The van der Waals surface area contributed by atoms with Gasteiger partial charge in [-0.25, -0.2) is 4.98 Å². The summed E-state index contributed by atoms with van der Waals surface area (Å²) >= 11 is 1.76. The van der Waals surface area contributed by atoms with E-state index in [4.69, 9.17) is 0 Å². The van der Waals surface area contributed by atoms with Crippen LogP contribution in [0.2, 0.25) is 0 Å². The summed E-state index contributed by atoms with van der Waals surface area (Å²) in [7, 11) is 3.92. The lowest BCUT2D eigenvalue weighted by atomic mass is 10.2. The molecule has 0 bridgehead atoms. The number of thiazole rings is 1. The van der Waals surface area contributed by atoms with Crippen molar-refractivity contribution in [2.45, 2.75) is 39.0 Å². The molecule has 0 unspecified atom stereocenters. The van der Waals surface area contributed by atoms with Crippen LogP contribution in [0.1, 0.15) is 36.4 Å². The van der Waals surface area contributed by atoms with Gasteiger partial charge < -0.3 is 10.2 Å². The van der Waals surface area contributed by atoms with Crippen LogP contribution >= 0.6 is 11.3 Å². The second kappa shape index (κ2) is 10.4. The van der Waals surface area contributed by atoms with Gasteiger partial charge in [-0.1, -0.05) is 6.08 Å². The van der Waals surface area contributed by atoms with Gasteiger partial charge in [-0.2, -0.15) is 0 Å². The fraction of sp³-hybridized carbons (Fsp3) is 0.625. The van der Waals surface area contributed by atoms with Crippen molar-refractivity contribution >= 4 is 17.3 Å². The third-order valence-corrected chi connectivity index (χ3v) is 4.27. The standard InChI is InChI=1S/C16H28N4S/c1-5-6-9-12-20(4)16(17-3)18-11-8-7-10-15-19-14(2)13-21-15/h5,13H,1,6-12H2,2-4H3,(H,17,18). The fourth-order valence-corrected chi connectivity index (χ4v) is 2.90. The topological polar surface area (TPSA) is 40.5 Å². The van der Waals surface area contributed by atoms with Gasteiger partial charge in [0.15, 0.2) is 5.96 Å². The van der Waals surface area contributed by atoms with Gasteiger partial charge in [-0.15, -0.1) is 17.9 Å². The molecule has 0 aliphatic heterocycles. The first-order valence-electron chi connectivity index (χ1n) is 7.61. The molecule has 1 heterocycles. The van der Waals surface area contributed by atoms with Crippen molar-refractivity contribution in [3.63, 3.8) is 0 Å². The molecule has 118 valence electrons. The van der Waals surface area contributed by atoms with E-state index in [0.717, 1.165) is 56.8 Å². The maximum atomic E-state index is 4.49. The molecule has 21 heavy (non-hydrogen) atoms. The maximum absolute atomic E-state index is 4.49. The molecular weight excluding hydrogens is 280 g/mol. The molecule has 0 aliphatic carbocycles. The van der Waals surface area contributed by atoms with Crippen LogP contribution in [-0.4, -0.2) is 43.0 Å². The van der Waals surface area contributed by atoms with Crippen molar-refractivity contribution in [1.29, 1.82) is 0 Å². The second-order valence-corrected chi connectivity index (χ2v) is 6.11. The Morgan fingerprint density at radius 1 is 1.48 bits per heavy atom. The Labute approximate surface area is 133 Å². The number of unbranched alkanes of at least 4 members (excludes halogenated alkanes) is 2. The van der Waals surface area contributed by atoms with E-state index in [1.165, 1.54) is 5.01 Å². The van der Waals surface area contributed by atoms with Gasteiger partial charge in [0.2, 0.25) is 0 Å². The van der Waals surface area contributed by atoms with Crippen molar-refractivity contribution < 1.29 is 0 Å². The molecule has 0 saturated carbocycles. The first-order valence-corrected chi connectivity index (χ1v) is 8.49. The zero-order valence-corrected chi connectivity index (χ0v) is 14.4. The summed E-state index contributed by atoms with van der Waals surface area (Å²) in [6.45, 7) is 7.76. The molecule has 1 rings (SSSR count). The van der Waals surface area contributed by atoms with Crippen molar-refractivity contribution in [2.75, 3.05) is 27.2 Å². The van der Waals surface area contributed by atoms with E-state index in [-0.39, 0.29) is 0 Å². The third kappa shape index (κ3) is 7.27. The van der Waals surface area contributed by atoms with E-state index in [1.807, 2.05) is 20.0 Å². The number of nitrogens with zero attached hydrogens (tertiary/aromatic N) is 3. The van der Waals surface area contributed by atoms with E-state index in [1.54, 1.807) is 11.3 Å². The summed E-state index contributed by atoms with van der Waals surface area (Å²) in [5, 5.41) is 6.79. The number of aromatic nitrogens is 1. The summed E-state index contributed by atoms with van der Waals surface area (Å²) in [5.74, 6) is 0.976. The third-order valence-electron chi connectivity index (χ3n) is 3.24. The van der Waals surface area contributed by atoms with Crippen molar-refractivity contribution in [1.82, 2.24) is 15.2 Å². The lowest BCUT2D eigenvalue weighted by molar-refractivity contribution is 0.468. The SMILES string of the molecule is C=CCCCN(C)C(=NC)NCCCCc1nc(C)cs1. The predicted molar refractivity (Wildman–Crippen MR) is 93.2 cm³/mol. The average Bonchev–Trinajstić information content (AvgIpc) is 2.88. The first kappa shape index (κ1) is 17.7. The number of hydrogen-bond donors (Lipinski definition) is 1. The molecule has 0 fully saturated rings. The van der Waals surface area contributed by atoms with Gasteiger partial charge in [0.05, 0.1) is 5.01 Å². The Kier molecular flexibility index (Phi) is 8.74. The van der Waals surface area contributed by atoms with Gasteiger partial charge >= 0.3 is 0 Å². The van der Waals surface area contributed by atoms with E-state index in [9.17, 15) is 0 Å². The highest BCUT2D eigenvalue weighted by molar-refractivity contribution is 7.09. The van der Waals surface area contributed by atoms with Crippen LogP contribution in [-0.2, 0) is 6.42 Å². The summed E-state index contributed by atoms with van der Waals surface area (Å²) in [6, 6.07) is 0. The Morgan fingerprint density at radius 3 is 2.90 bits per heavy atom. The molecular formula is C16H28N4S. The summed E-state index contributed by atoms with van der Waals surface area (Å²) in [5.41, 5.74) is 1.13. The molecule has 1 aromatic heterocycles. The zero-order valence-electron chi connectivity index (χ0n) is 13.6. The van der Waals surface area contributed by atoms with E-state index in [0.29, 0.717) is 0 Å². The molecule has 4 nitrogen and oxygen atoms in total. The van der Waals surface area contributed by atoms with Gasteiger partial charge in [0, 0.05) is 38.3 Å².